The van der Waals surface area contributed by atoms with E-state index < -0.39 is 12.1 Å². The van der Waals surface area contributed by atoms with Gasteiger partial charge in [-0.2, -0.15) is 5.26 Å². The van der Waals surface area contributed by atoms with E-state index in [9.17, 15) is 20.3 Å². The molecular weight excluding hydrogens is 572 g/mol. The summed E-state index contributed by atoms with van der Waals surface area (Å²) in [5, 5.41) is 37.1. The van der Waals surface area contributed by atoms with Crippen LogP contribution < -0.4 is 19.5 Å². The number of nitriles is 1. The normalized spacial score (nSPS) is 24.6. The molecule has 10 nitrogen and oxygen atoms in total. The van der Waals surface area contributed by atoms with Gasteiger partial charge in [-0.25, -0.2) is 0 Å². The van der Waals surface area contributed by atoms with Gasteiger partial charge in [0.15, 0.2) is 23.0 Å². The Morgan fingerprint density at radius 1 is 1.09 bits per heavy atom. The molecule has 1 saturated heterocycles. The quantitative estimate of drug-likeness (QED) is 0.380. The van der Waals surface area contributed by atoms with Crippen molar-refractivity contribution < 1.29 is 29.2 Å². The second-order valence-corrected chi connectivity index (χ2v) is 12.6. The number of hydrogen-bond donors (Lipinski definition) is 3. The number of nitrogens with zero attached hydrogens (tertiary/aromatic N) is 3. The lowest BCUT2D eigenvalue weighted by molar-refractivity contribution is -0.122. The fraction of sp³-hybridized carbons (Fsp3) is 0.429. The van der Waals surface area contributed by atoms with Crippen molar-refractivity contribution in [2.45, 2.75) is 69.7 Å². The van der Waals surface area contributed by atoms with Crippen LogP contribution in [0.4, 0.5) is 0 Å². The van der Waals surface area contributed by atoms with Crippen molar-refractivity contribution in [2.24, 2.45) is 0 Å². The molecule has 7 rings (SSSR count). The van der Waals surface area contributed by atoms with E-state index in [1.54, 1.807) is 7.11 Å². The van der Waals surface area contributed by atoms with Gasteiger partial charge in [-0.3, -0.25) is 14.6 Å². The highest BCUT2D eigenvalue weighted by atomic mass is 16.7. The lowest BCUT2D eigenvalue weighted by Gasteiger charge is -2.60. The predicted octanol–water partition coefficient (Wildman–Crippen LogP) is 3.97. The van der Waals surface area contributed by atoms with Crippen LogP contribution in [0, 0.1) is 25.2 Å². The number of methoxy groups -OCH3 is 1. The van der Waals surface area contributed by atoms with Crippen LogP contribution >= 0.6 is 0 Å². The third-order valence-corrected chi connectivity index (χ3v) is 10.3. The van der Waals surface area contributed by atoms with E-state index in [1.807, 2.05) is 51.2 Å². The molecule has 5 atom stereocenters. The summed E-state index contributed by atoms with van der Waals surface area (Å²) >= 11 is 0. The van der Waals surface area contributed by atoms with E-state index in [0.717, 1.165) is 33.4 Å². The molecule has 1 amide bonds. The molecule has 4 heterocycles. The van der Waals surface area contributed by atoms with Crippen LogP contribution in [-0.4, -0.2) is 71.5 Å². The van der Waals surface area contributed by atoms with Crippen molar-refractivity contribution in [3.8, 4) is 34.8 Å². The number of aromatic hydroxyl groups is 2. The van der Waals surface area contributed by atoms with Crippen molar-refractivity contribution in [1.29, 1.82) is 5.26 Å². The van der Waals surface area contributed by atoms with Crippen molar-refractivity contribution in [3.63, 3.8) is 0 Å². The zero-order valence-electron chi connectivity index (χ0n) is 26.0. The summed E-state index contributed by atoms with van der Waals surface area (Å²) in [6.45, 7) is 3.97. The first-order valence-corrected chi connectivity index (χ1v) is 15.5. The summed E-state index contributed by atoms with van der Waals surface area (Å²) < 4.78 is 17.5. The van der Waals surface area contributed by atoms with Gasteiger partial charge in [-0.1, -0.05) is 36.4 Å². The minimum Gasteiger partial charge on any atom is -0.507 e. The predicted molar refractivity (Wildman–Crippen MR) is 166 cm³/mol. The maximum absolute atomic E-state index is 13.2. The molecule has 3 N–H and O–H groups in total. The largest absolute Gasteiger partial charge is 0.507 e. The number of phenols is 2. The number of nitrogens with one attached hydrogen (secondary N) is 1. The number of hydrogen-bond acceptors (Lipinski definition) is 9. The summed E-state index contributed by atoms with van der Waals surface area (Å²) in [6, 6.07) is 12.8. The van der Waals surface area contributed by atoms with E-state index in [4.69, 9.17) is 14.2 Å². The molecule has 0 aromatic heterocycles. The minimum absolute atomic E-state index is 0.0295. The monoisotopic (exact) mass is 610 g/mol. The first-order valence-electron chi connectivity index (χ1n) is 15.5. The van der Waals surface area contributed by atoms with Crippen LogP contribution in [0.2, 0.25) is 0 Å². The van der Waals surface area contributed by atoms with Crippen molar-refractivity contribution in [3.05, 3.63) is 75.3 Å². The standard InChI is InChI=1S/C35H38N4O6/c1-18-12-21-13-23-25(15-36)39-24(30(38(23)3)28(21)32(42)33(18)43-4)14-22-29(35-34(44-17-45-35)19(2)31(22)41)26(39)16-37-27(40)11-10-20-8-6-5-7-9-20/h5-9,12,23-26,30,41-42H,10-11,13-14,16-17H2,1-4H3,(H,37,40)/t23-,24?,25-,26-,30+/m0/s1. The van der Waals surface area contributed by atoms with E-state index in [1.165, 1.54) is 0 Å². The molecule has 1 fully saturated rings. The van der Waals surface area contributed by atoms with Crippen LogP contribution in [0.3, 0.4) is 0 Å². The average Bonchev–Trinajstić information content (AvgIpc) is 3.53. The van der Waals surface area contributed by atoms with Crippen molar-refractivity contribution in [1.82, 2.24) is 15.1 Å². The molecule has 3 aromatic rings. The van der Waals surface area contributed by atoms with Crippen LogP contribution in [0.25, 0.3) is 0 Å². The van der Waals surface area contributed by atoms with Crippen molar-refractivity contribution in [2.75, 3.05) is 27.5 Å². The lowest BCUT2D eigenvalue weighted by Crippen LogP contribution is -2.68. The molecule has 10 heteroatoms. The molecule has 4 aliphatic rings. The maximum Gasteiger partial charge on any atom is 0.231 e. The number of carbonyl (C=O) groups excluding carboxylic acids is 1. The van der Waals surface area contributed by atoms with Crippen LogP contribution in [0.1, 0.15) is 57.4 Å². The van der Waals surface area contributed by atoms with E-state index in [0.29, 0.717) is 48.5 Å². The Bertz CT molecular complexity index is 1720. The number of phenolic OH excluding ortho intramolecular Hbond substituents is 2. The van der Waals surface area contributed by atoms with Gasteiger partial charge in [-0.15, -0.1) is 0 Å². The first-order chi connectivity index (χ1) is 21.7. The summed E-state index contributed by atoms with van der Waals surface area (Å²) in [5.41, 5.74) is 5.78. The fourth-order valence-electron chi connectivity index (χ4n) is 8.24. The summed E-state index contributed by atoms with van der Waals surface area (Å²) in [4.78, 5) is 17.6. The van der Waals surface area contributed by atoms with Gasteiger partial charge < -0.3 is 29.7 Å². The number of likely N-dealkylation sites (N-methyl/N-ethyl adjacent to an activating group) is 1. The smallest absolute Gasteiger partial charge is 0.231 e. The van der Waals surface area contributed by atoms with Gasteiger partial charge in [0.05, 0.1) is 25.3 Å². The Balaban J connectivity index is 1.33. The number of fused-ring (bicyclic) bond motifs is 9. The molecule has 1 unspecified atom stereocenters. The molecule has 0 aliphatic carbocycles. The SMILES string of the molecule is COc1c(C)cc2c(c1O)[C@H]1C3Cc4c(O)c(C)c5c(c4[C@H](CNC(=O)CCc4ccccc4)N3[C@@H](C#N)[C@H](C2)N1C)OCO5. The molecular formula is C35H38N4O6. The molecule has 0 spiro atoms. The van der Waals surface area contributed by atoms with Crippen molar-refractivity contribution >= 4 is 5.91 Å². The van der Waals surface area contributed by atoms with Gasteiger partial charge >= 0.3 is 0 Å². The van der Waals surface area contributed by atoms with E-state index in [-0.39, 0.29) is 48.9 Å². The number of carbonyl (C=O) groups is 1. The Labute approximate surface area is 262 Å². The summed E-state index contributed by atoms with van der Waals surface area (Å²) in [5.74, 6) is 1.64. The van der Waals surface area contributed by atoms with E-state index in [2.05, 4.69) is 27.3 Å². The highest BCUT2D eigenvalue weighted by Gasteiger charge is 2.56. The zero-order valence-corrected chi connectivity index (χ0v) is 26.0. The molecule has 2 bridgehead atoms. The molecule has 4 aliphatic heterocycles. The molecule has 45 heavy (non-hydrogen) atoms. The summed E-state index contributed by atoms with van der Waals surface area (Å²) in [7, 11) is 3.56. The highest BCUT2D eigenvalue weighted by Crippen LogP contribution is 2.58. The first kappa shape index (κ1) is 29.3. The molecule has 0 saturated carbocycles. The fourth-order valence-corrected chi connectivity index (χ4v) is 8.24. The van der Waals surface area contributed by atoms with Gasteiger partial charge in [0.1, 0.15) is 11.8 Å². The molecule has 0 radical (unpaired) electrons. The second-order valence-electron chi connectivity index (χ2n) is 12.6. The highest BCUT2D eigenvalue weighted by molar-refractivity contribution is 5.76. The Morgan fingerprint density at radius 2 is 1.84 bits per heavy atom. The van der Waals surface area contributed by atoms with Gasteiger partial charge in [0.25, 0.3) is 0 Å². The molecule has 3 aromatic carbocycles. The minimum atomic E-state index is -0.533. The third-order valence-electron chi connectivity index (χ3n) is 10.3. The van der Waals surface area contributed by atoms with Crippen LogP contribution in [-0.2, 0) is 24.1 Å². The number of aryl methyl sites for hydroxylation is 2. The second kappa shape index (κ2) is 11.2. The topological polar surface area (TPSA) is 128 Å². The average molecular weight is 611 g/mol. The van der Waals surface area contributed by atoms with Crippen LogP contribution in [0.5, 0.6) is 28.7 Å². The van der Waals surface area contributed by atoms with Gasteiger partial charge in [-0.05, 0) is 56.8 Å². The lowest BCUT2D eigenvalue weighted by atomic mass is 9.71. The number of amides is 1. The Morgan fingerprint density at radius 3 is 2.58 bits per heavy atom. The Hall–Kier alpha value is -4.46. The van der Waals surface area contributed by atoms with E-state index >= 15 is 0 Å². The van der Waals surface area contributed by atoms with Crippen LogP contribution in [0.15, 0.2) is 36.4 Å². The Kier molecular flexibility index (Phi) is 7.26. The number of benzene rings is 3. The number of ether oxygens (including phenoxy) is 3. The van der Waals surface area contributed by atoms with Gasteiger partial charge in [0.2, 0.25) is 12.7 Å². The van der Waals surface area contributed by atoms with Gasteiger partial charge in [0, 0.05) is 47.3 Å². The number of piperazine rings is 1. The zero-order chi connectivity index (χ0) is 31.6. The third kappa shape index (κ3) is 4.48. The number of rotatable bonds is 6. The maximum atomic E-state index is 13.2. The summed E-state index contributed by atoms with van der Waals surface area (Å²) in [6.07, 6.45) is 1.91. The molecule has 234 valence electrons.